The van der Waals surface area contributed by atoms with Crippen molar-refractivity contribution in [2.75, 3.05) is 11.0 Å². The Morgan fingerprint density at radius 1 is 1.21 bits per heavy atom. The molecule has 2 aromatic heterocycles. The Balaban J connectivity index is 1.34. The molecule has 1 aliphatic heterocycles. The van der Waals surface area contributed by atoms with E-state index < -0.39 is 27.5 Å². The number of hydrogen-bond donors (Lipinski definition) is 1. The molecule has 1 saturated heterocycles. The first-order chi connectivity index (χ1) is 18.5. The second-order valence-electron chi connectivity index (χ2n) is 11.0. The first-order valence-corrected chi connectivity index (χ1v) is 15.5. The molecule has 1 N–H and O–H groups in total. The summed E-state index contributed by atoms with van der Waals surface area (Å²) in [5, 5.41) is 4.41. The van der Waals surface area contributed by atoms with Gasteiger partial charge in [0.15, 0.2) is 11.6 Å². The summed E-state index contributed by atoms with van der Waals surface area (Å²) in [5.74, 6) is -0.579. The summed E-state index contributed by atoms with van der Waals surface area (Å²) < 4.78 is 33.9. The van der Waals surface area contributed by atoms with Gasteiger partial charge in [0.2, 0.25) is 10.0 Å². The summed E-state index contributed by atoms with van der Waals surface area (Å²) in [7, 11) is -3.38. The molecule has 3 heterocycles. The number of anilines is 1. The van der Waals surface area contributed by atoms with Crippen LogP contribution in [0.3, 0.4) is 0 Å². The molecule has 5 rings (SSSR count). The Hall–Kier alpha value is -3.34. The van der Waals surface area contributed by atoms with Crippen molar-refractivity contribution < 1.29 is 22.7 Å². The van der Waals surface area contributed by atoms with E-state index in [1.54, 1.807) is 23.0 Å². The molecule has 11 heteroatoms. The maximum Gasteiger partial charge on any atom is 0.317 e. The fourth-order valence-electron chi connectivity index (χ4n) is 6.02. The van der Waals surface area contributed by atoms with Crippen molar-refractivity contribution in [3.8, 4) is 0 Å². The minimum absolute atomic E-state index is 0.0927. The quantitative estimate of drug-likeness (QED) is 0.314. The Morgan fingerprint density at radius 3 is 2.67 bits per heavy atom. The molecule has 208 valence electrons. The van der Waals surface area contributed by atoms with Crippen LogP contribution in [0.1, 0.15) is 68.0 Å². The molecule has 2 fully saturated rings. The van der Waals surface area contributed by atoms with Gasteiger partial charge >= 0.3 is 5.97 Å². The van der Waals surface area contributed by atoms with Gasteiger partial charge in [-0.25, -0.2) is 17.9 Å². The zero-order valence-corrected chi connectivity index (χ0v) is 23.5. The molecule has 2 aliphatic rings. The van der Waals surface area contributed by atoms with E-state index in [0.29, 0.717) is 36.6 Å². The lowest BCUT2D eigenvalue weighted by atomic mass is 9.73. The van der Waals surface area contributed by atoms with E-state index in [-0.39, 0.29) is 24.5 Å². The van der Waals surface area contributed by atoms with Crippen LogP contribution >= 0.6 is 0 Å². The molecule has 1 aliphatic carbocycles. The van der Waals surface area contributed by atoms with Gasteiger partial charge in [0, 0.05) is 25.2 Å². The number of Topliss-reactive ketones (excluding diaryl/α,β-unsaturated/α-hetero) is 1. The lowest BCUT2D eigenvalue weighted by Crippen LogP contribution is -2.52. The molecular formula is C28H35N5O5S. The Labute approximate surface area is 228 Å². The van der Waals surface area contributed by atoms with Gasteiger partial charge in [0.05, 0.1) is 11.9 Å². The highest BCUT2D eigenvalue weighted by atomic mass is 32.2. The Morgan fingerprint density at radius 2 is 1.97 bits per heavy atom. The third kappa shape index (κ3) is 5.98. The van der Waals surface area contributed by atoms with Crippen LogP contribution in [-0.4, -0.2) is 51.6 Å². The number of fused-ring (bicyclic) bond motifs is 1. The van der Waals surface area contributed by atoms with Crippen molar-refractivity contribution in [3.63, 3.8) is 0 Å². The summed E-state index contributed by atoms with van der Waals surface area (Å²) in [5.41, 5.74) is 2.59. The van der Waals surface area contributed by atoms with Crippen LogP contribution in [0, 0.1) is 18.8 Å². The largest absolute Gasteiger partial charge is 0.458 e. The number of aryl methyl sites for hydroxylation is 3. The molecule has 2 unspecified atom stereocenters. The average molecular weight is 554 g/mol. The summed E-state index contributed by atoms with van der Waals surface area (Å²) in [4.78, 5) is 35.5. The zero-order chi connectivity index (χ0) is 27.8. The Kier molecular flexibility index (Phi) is 7.45. The van der Waals surface area contributed by atoms with E-state index in [1.807, 2.05) is 26.0 Å². The molecule has 0 radical (unpaired) electrons. The van der Waals surface area contributed by atoms with Gasteiger partial charge in [0.25, 0.3) is 5.78 Å². The van der Waals surface area contributed by atoms with Crippen molar-refractivity contribution in [1.82, 2.24) is 19.6 Å². The van der Waals surface area contributed by atoms with E-state index in [0.717, 1.165) is 48.6 Å². The van der Waals surface area contributed by atoms with Gasteiger partial charge < -0.3 is 4.74 Å². The van der Waals surface area contributed by atoms with Crippen molar-refractivity contribution >= 4 is 33.2 Å². The number of rotatable bonds is 9. The van der Waals surface area contributed by atoms with E-state index in [2.05, 4.69) is 19.8 Å². The highest BCUT2D eigenvalue weighted by Gasteiger charge is 2.51. The van der Waals surface area contributed by atoms with Crippen molar-refractivity contribution in [1.29, 1.82) is 0 Å². The fourth-order valence-corrected chi connectivity index (χ4v) is 6.61. The lowest BCUT2D eigenvalue weighted by Gasteiger charge is -2.43. The van der Waals surface area contributed by atoms with Crippen LogP contribution in [0.2, 0.25) is 0 Å². The predicted octanol–water partition coefficient (Wildman–Crippen LogP) is 3.60. The SMILES string of the molecule is CCc1cc(CCC2(C3CCCC3)CC(=O)C(Cc3nc4ncc(C)cn4n3)C(=O)O2)ccc1NS(C)(=O)=O. The number of aromatic nitrogens is 4. The van der Waals surface area contributed by atoms with Gasteiger partial charge in [-0.05, 0) is 67.7 Å². The average Bonchev–Trinajstić information content (AvgIpc) is 3.55. The highest BCUT2D eigenvalue weighted by molar-refractivity contribution is 7.92. The standard InChI is InChI=1S/C28H35N5O5S/c1-4-20-13-19(9-10-23(20)32-39(3,36)37)11-12-28(21-7-5-6-8-21)15-24(34)22(26(35)38-28)14-25-30-27-29-16-18(2)17-33(27)31-25/h9-10,13,16-17,21-22,32H,4-8,11-12,14-15H2,1-3H3. The predicted molar refractivity (Wildman–Crippen MR) is 146 cm³/mol. The lowest BCUT2D eigenvalue weighted by molar-refractivity contribution is -0.185. The molecule has 39 heavy (non-hydrogen) atoms. The maximum atomic E-state index is 13.5. The van der Waals surface area contributed by atoms with Crippen LogP contribution in [0.15, 0.2) is 30.6 Å². The third-order valence-electron chi connectivity index (χ3n) is 7.99. The number of carbonyl (C=O) groups is 2. The van der Waals surface area contributed by atoms with E-state index in [9.17, 15) is 18.0 Å². The van der Waals surface area contributed by atoms with Crippen LogP contribution in [0.4, 0.5) is 5.69 Å². The van der Waals surface area contributed by atoms with Crippen LogP contribution in [0.5, 0.6) is 0 Å². The van der Waals surface area contributed by atoms with Gasteiger partial charge in [-0.2, -0.15) is 4.98 Å². The molecule has 10 nitrogen and oxygen atoms in total. The smallest absolute Gasteiger partial charge is 0.317 e. The van der Waals surface area contributed by atoms with Gasteiger partial charge in [-0.1, -0.05) is 31.9 Å². The molecule has 3 aromatic rings. The van der Waals surface area contributed by atoms with Crippen LogP contribution in [-0.2, 0) is 43.6 Å². The minimum Gasteiger partial charge on any atom is -0.458 e. The second-order valence-corrected chi connectivity index (χ2v) is 12.7. The molecule has 2 atom stereocenters. The van der Waals surface area contributed by atoms with Crippen molar-refractivity contribution in [3.05, 3.63) is 53.1 Å². The number of hydrogen-bond acceptors (Lipinski definition) is 8. The number of ketones is 1. The van der Waals surface area contributed by atoms with Crippen molar-refractivity contribution in [2.24, 2.45) is 11.8 Å². The van der Waals surface area contributed by atoms with Crippen LogP contribution in [0.25, 0.3) is 5.78 Å². The minimum atomic E-state index is -3.38. The number of nitrogens with one attached hydrogen (secondary N) is 1. The summed E-state index contributed by atoms with van der Waals surface area (Å²) in [6.45, 7) is 3.88. The topological polar surface area (TPSA) is 133 Å². The van der Waals surface area contributed by atoms with Gasteiger partial charge in [0.1, 0.15) is 11.5 Å². The molecule has 1 aromatic carbocycles. The first-order valence-electron chi connectivity index (χ1n) is 13.6. The number of nitrogens with zero attached hydrogens (tertiary/aromatic N) is 4. The molecule has 0 spiro atoms. The number of cyclic esters (lactones) is 1. The van der Waals surface area contributed by atoms with Crippen LogP contribution < -0.4 is 4.72 Å². The monoisotopic (exact) mass is 553 g/mol. The first kappa shape index (κ1) is 27.2. The summed E-state index contributed by atoms with van der Waals surface area (Å²) >= 11 is 0. The molecular weight excluding hydrogens is 518 g/mol. The maximum absolute atomic E-state index is 13.5. The number of ether oxygens (including phenoxy) is 1. The number of benzene rings is 1. The van der Waals surface area contributed by atoms with Crippen molar-refractivity contribution in [2.45, 2.75) is 77.2 Å². The second kappa shape index (κ2) is 10.7. The van der Waals surface area contributed by atoms with Gasteiger partial charge in [-0.15, -0.1) is 5.10 Å². The van der Waals surface area contributed by atoms with Gasteiger partial charge in [-0.3, -0.25) is 14.3 Å². The zero-order valence-electron chi connectivity index (χ0n) is 22.6. The fraction of sp³-hybridized carbons (Fsp3) is 0.536. The number of sulfonamides is 1. The molecule has 0 bridgehead atoms. The van der Waals surface area contributed by atoms with E-state index in [1.165, 1.54) is 0 Å². The van der Waals surface area contributed by atoms with E-state index >= 15 is 0 Å². The molecule has 1 saturated carbocycles. The molecule has 0 amide bonds. The normalized spacial score (nSPS) is 22.4. The summed E-state index contributed by atoms with van der Waals surface area (Å²) in [6.07, 6.45) is 10.7. The number of carbonyl (C=O) groups excluding carboxylic acids is 2. The third-order valence-corrected chi connectivity index (χ3v) is 8.58. The number of esters is 1. The Bertz CT molecular complexity index is 1490. The van der Waals surface area contributed by atoms with E-state index in [4.69, 9.17) is 4.74 Å². The highest BCUT2D eigenvalue weighted by Crippen LogP contribution is 2.45. The summed E-state index contributed by atoms with van der Waals surface area (Å²) in [6, 6.07) is 5.68.